The molecule has 0 saturated heterocycles. The number of hydrogen-bond donors (Lipinski definition) is 1. The highest BCUT2D eigenvalue weighted by molar-refractivity contribution is 7.91. The second-order valence-corrected chi connectivity index (χ2v) is 7.22. The third-order valence-corrected chi connectivity index (χ3v) is 5.04. The predicted molar refractivity (Wildman–Crippen MR) is 72.4 cm³/mol. The van der Waals surface area contributed by atoms with Gasteiger partial charge in [0, 0.05) is 12.7 Å². The Kier molecular flexibility index (Phi) is 3.80. The van der Waals surface area contributed by atoms with Crippen molar-refractivity contribution in [3.63, 3.8) is 0 Å². The molecule has 2 atom stereocenters. The zero-order valence-electron chi connectivity index (χ0n) is 10.5. The minimum atomic E-state index is -2.97. The first-order valence-corrected chi connectivity index (χ1v) is 8.12. The lowest BCUT2D eigenvalue weighted by molar-refractivity contribution is 0.157. The molecule has 2 rings (SSSR count). The van der Waals surface area contributed by atoms with Gasteiger partial charge in [0.05, 0.1) is 10.9 Å². The van der Waals surface area contributed by atoms with Crippen molar-refractivity contribution in [1.82, 2.24) is 0 Å². The monoisotopic (exact) mass is 269 g/mol. The van der Waals surface area contributed by atoms with Crippen LogP contribution < -0.4 is 10.5 Å². The molecule has 4 nitrogen and oxygen atoms in total. The van der Waals surface area contributed by atoms with Crippen LogP contribution in [0, 0.1) is 0 Å². The maximum absolute atomic E-state index is 11.6. The number of nitrogens with two attached hydrogens (primary N) is 1. The average molecular weight is 269 g/mol. The molecule has 1 aliphatic carbocycles. The Labute approximate surface area is 108 Å². The molecule has 0 bridgehead atoms. The van der Waals surface area contributed by atoms with Gasteiger partial charge in [-0.2, -0.15) is 0 Å². The lowest BCUT2D eigenvalue weighted by atomic mass is 9.97. The summed E-state index contributed by atoms with van der Waals surface area (Å²) in [6.07, 6.45) is 4.32. The van der Waals surface area contributed by atoms with Crippen LogP contribution in [0.2, 0.25) is 0 Å². The molecule has 0 amide bonds. The van der Waals surface area contributed by atoms with Crippen LogP contribution in [0.5, 0.6) is 5.75 Å². The van der Waals surface area contributed by atoms with Crippen LogP contribution in [0.25, 0.3) is 0 Å². The first-order valence-electron chi connectivity index (χ1n) is 6.17. The Hall–Kier alpha value is -1.23. The molecule has 0 heterocycles. The number of rotatable bonds is 3. The van der Waals surface area contributed by atoms with Gasteiger partial charge in [-0.1, -0.05) is 12.1 Å². The summed E-state index contributed by atoms with van der Waals surface area (Å²) in [5, 5.41) is -0.277. The molecular formula is C13H19NO3S. The van der Waals surface area contributed by atoms with Gasteiger partial charge in [0.2, 0.25) is 0 Å². The second-order valence-electron chi connectivity index (χ2n) is 4.90. The molecule has 100 valence electrons. The van der Waals surface area contributed by atoms with E-state index in [9.17, 15) is 8.42 Å². The zero-order valence-corrected chi connectivity index (χ0v) is 11.3. The smallest absolute Gasteiger partial charge is 0.150 e. The summed E-state index contributed by atoms with van der Waals surface area (Å²) in [7, 11) is -2.97. The van der Waals surface area contributed by atoms with Crippen LogP contribution in [0.4, 0.5) is 5.69 Å². The van der Waals surface area contributed by atoms with E-state index in [0.29, 0.717) is 17.9 Å². The third kappa shape index (κ3) is 3.16. The average Bonchev–Trinajstić information content (AvgIpc) is 2.31. The minimum absolute atomic E-state index is 0.0526. The topological polar surface area (TPSA) is 69.4 Å². The first-order chi connectivity index (χ1) is 8.47. The van der Waals surface area contributed by atoms with Gasteiger partial charge in [0.15, 0.2) is 0 Å². The van der Waals surface area contributed by atoms with Crippen molar-refractivity contribution in [1.29, 1.82) is 0 Å². The summed E-state index contributed by atoms with van der Waals surface area (Å²) in [6.45, 7) is 0. The Morgan fingerprint density at radius 2 is 2.00 bits per heavy atom. The third-order valence-electron chi connectivity index (χ3n) is 3.40. The minimum Gasteiger partial charge on any atom is -0.488 e. The van der Waals surface area contributed by atoms with E-state index >= 15 is 0 Å². The van der Waals surface area contributed by atoms with Gasteiger partial charge in [0.25, 0.3) is 0 Å². The van der Waals surface area contributed by atoms with Gasteiger partial charge in [-0.15, -0.1) is 0 Å². The number of nitrogen functional groups attached to an aromatic ring is 1. The Balaban J connectivity index is 2.05. The number of para-hydroxylation sites is 2. The Morgan fingerprint density at radius 1 is 1.28 bits per heavy atom. The molecule has 5 heteroatoms. The molecule has 0 radical (unpaired) electrons. The van der Waals surface area contributed by atoms with Crippen molar-refractivity contribution in [3.8, 4) is 5.75 Å². The SMILES string of the molecule is CS(=O)(=O)C1CCCC(Oc2ccccc2N)C1. The summed E-state index contributed by atoms with van der Waals surface area (Å²) in [5.74, 6) is 0.650. The van der Waals surface area contributed by atoms with E-state index in [1.165, 1.54) is 6.26 Å². The van der Waals surface area contributed by atoms with Gasteiger partial charge in [-0.25, -0.2) is 8.42 Å². The zero-order chi connectivity index (χ0) is 13.2. The molecule has 1 aliphatic rings. The van der Waals surface area contributed by atoms with Crippen LogP contribution in [0.15, 0.2) is 24.3 Å². The molecule has 2 unspecified atom stereocenters. The van der Waals surface area contributed by atoms with E-state index in [1.807, 2.05) is 18.2 Å². The molecule has 0 spiro atoms. The van der Waals surface area contributed by atoms with E-state index in [4.69, 9.17) is 10.5 Å². The largest absolute Gasteiger partial charge is 0.488 e. The standard InChI is InChI=1S/C13H19NO3S/c1-18(15,16)11-6-4-5-10(9-11)17-13-8-3-2-7-12(13)14/h2-3,7-8,10-11H,4-6,9,14H2,1H3. The highest BCUT2D eigenvalue weighted by atomic mass is 32.2. The second kappa shape index (κ2) is 5.18. The summed E-state index contributed by atoms with van der Waals surface area (Å²) >= 11 is 0. The lowest BCUT2D eigenvalue weighted by Crippen LogP contribution is -2.33. The summed E-state index contributed by atoms with van der Waals surface area (Å²) < 4.78 is 29.0. The fourth-order valence-corrected chi connectivity index (χ4v) is 3.52. The fourth-order valence-electron chi connectivity index (χ4n) is 2.37. The molecular weight excluding hydrogens is 250 g/mol. The van der Waals surface area contributed by atoms with Crippen molar-refractivity contribution < 1.29 is 13.2 Å². The highest BCUT2D eigenvalue weighted by Crippen LogP contribution is 2.29. The number of anilines is 1. The van der Waals surface area contributed by atoms with Gasteiger partial charge in [-0.3, -0.25) is 0 Å². The quantitative estimate of drug-likeness (QED) is 0.852. The van der Waals surface area contributed by atoms with E-state index in [-0.39, 0.29) is 11.4 Å². The van der Waals surface area contributed by atoms with E-state index in [0.717, 1.165) is 19.3 Å². The molecule has 1 aromatic rings. The van der Waals surface area contributed by atoms with E-state index in [1.54, 1.807) is 6.07 Å². The van der Waals surface area contributed by atoms with E-state index in [2.05, 4.69) is 0 Å². The fraction of sp³-hybridized carbons (Fsp3) is 0.538. The van der Waals surface area contributed by atoms with Gasteiger partial charge >= 0.3 is 0 Å². The van der Waals surface area contributed by atoms with Crippen molar-refractivity contribution in [2.75, 3.05) is 12.0 Å². The lowest BCUT2D eigenvalue weighted by Gasteiger charge is -2.28. The highest BCUT2D eigenvalue weighted by Gasteiger charge is 2.30. The molecule has 1 saturated carbocycles. The summed E-state index contributed by atoms with van der Waals surface area (Å²) in [5.41, 5.74) is 6.41. The van der Waals surface area contributed by atoms with Gasteiger partial charge in [-0.05, 0) is 31.4 Å². The molecule has 0 aliphatic heterocycles. The maximum atomic E-state index is 11.6. The normalized spacial score (nSPS) is 24.7. The van der Waals surface area contributed by atoms with Crippen LogP contribution >= 0.6 is 0 Å². The predicted octanol–water partition coefficient (Wildman–Crippen LogP) is 2.00. The number of ether oxygens (including phenoxy) is 1. The summed E-state index contributed by atoms with van der Waals surface area (Å²) in [6, 6.07) is 7.32. The molecule has 1 fully saturated rings. The van der Waals surface area contributed by atoms with Crippen molar-refractivity contribution >= 4 is 15.5 Å². The number of benzene rings is 1. The van der Waals surface area contributed by atoms with Crippen molar-refractivity contribution in [2.24, 2.45) is 0 Å². The Bertz CT molecular complexity index is 513. The van der Waals surface area contributed by atoms with Crippen molar-refractivity contribution in [3.05, 3.63) is 24.3 Å². The van der Waals surface area contributed by atoms with Crippen LogP contribution in [-0.4, -0.2) is 26.0 Å². The summed E-state index contributed by atoms with van der Waals surface area (Å²) in [4.78, 5) is 0. The molecule has 2 N–H and O–H groups in total. The first kappa shape index (κ1) is 13.2. The van der Waals surface area contributed by atoms with E-state index < -0.39 is 9.84 Å². The number of hydrogen-bond acceptors (Lipinski definition) is 4. The van der Waals surface area contributed by atoms with Crippen LogP contribution in [0.3, 0.4) is 0 Å². The Morgan fingerprint density at radius 3 is 2.67 bits per heavy atom. The van der Waals surface area contributed by atoms with Crippen LogP contribution in [-0.2, 0) is 9.84 Å². The molecule has 0 aromatic heterocycles. The van der Waals surface area contributed by atoms with Gasteiger partial charge < -0.3 is 10.5 Å². The van der Waals surface area contributed by atoms with Gasteiger partial charge in [0.1, 0.15) is 21.7 Å². The van der Waals surface area contributed by atoms with Crippen molar-refractivity contribution in [2.45, 2.75) is 37.0 Å². The van der Waals surface area contributed by atoms with Crippen LogP contribution in [0.1, 0.15) is 25.7 Å². The maximum Gasteiger partial charge on any atom is 0.150 e. The molecule has 1 aromatic carbocycles. The molecule has 18 heavy (non-hydrogen) atoms. The number of sulfone groups is 1.